The lowest BCUT2D eigenvalue weighted by Gasteiger charge is -2.22. The minimum Gasteiger partial charge on any atom is -1.00 e. The molecule has 1 aromatic heterocycles. The predicted octanol–water partition coefficient (Wildman–Crippen LogP) is 7.42. The molecule has 43 heavy (non-hydrogen) atoms. The third-order valence-electron chi connectivity index (χ3n) is 7.65. The van der Waals surface area contributed by atoms with Crippen LogP contribution in [0.25, 0.3) is 0 Å². The fraction of sp³-hybridized carbons (Fsp3) is 0.556. The van der Waals surface area contributed by atoms with Crippen LogP contribution in [0.5, 0.6) is 5.75 Å². The Morgan fingerprint density at radius 1 is 0.837 bits per heavy atom. The van der Waals surface area contributed by atoms with Crippen molar-refractivity contribution >= 4 is 28.7 Å². The molecule has 0 spiro atoms. The summed E-state index contributed by atoms with van der Waals surface area (Å²) in [6.45, 7) is 12.4. The van der Waals surface area contributed by atoms with Crippen molar-refractivity contribution in [3.8, 4) is 5.75 Å². The highest BCUT2D eigenvalue weighted by atomic mass is 79.9. The van der Waals surface area contributed by atoms with Gasteiger partial charge >= 0.3 is 6.03 Å². The van der Waals surface area contributed by atoms with Gasteiger partial charge in [-0.1, -0.05) is 128 Å². The number of hydrogen-bond acceptors (Lipinski definition) is 3. The van der Waals surface area contributed by atoms with Crippen molar-refractivity contribution in [3.05, 3.63) is 70.2 Å². The van der Waals surface area contributed by atoms with Crippen molar-refractivity contribution < 1.29 is 31.1 Å². The number of nitrogens with one attached hydrogen (secondary N) is 2. The number of thiazole rings is 1. The lowest BCUT2D eigenvalue weighted by atomic mass is 9.87. The number of ether oxygens (including phenoxy) is 1. The van der Waals surface area contributed by atoms with Crippen LogP contribution in [0.4, 0.5) is 16.2 Å². The molecule has 0 unspecified atom stereocenters. The van der Waals surface area contributed by atoms with E-state index in [1.54, 1.807) is 11.3 Å². The van der Waals surface area contributed by atoms with Crippen molar-refractivity contribution in [1.29, 1.82) is 0 Å². The smallest absolute Gasteiger partial charge is 0.323 e. The monoisotopic (exact) mass is 671 g/mol. The largest absolute Gasteiger partial charge is 1.00 e. The number of carbonyl (C=O) groups is 1. The standard InChI is InChI=1S/C36H53N3O2S.BrH/c1-6-7-8-9-10-11-12-13-14-15-16-17-24-41-34-25-31(36(3,4)5)20-23-33(34)38-35(40)37-32-21-18-30(19-22-32)27-39-26-29(2)42-28-39;/h18-23,25-26,28H,6-17,24,27H2,1-5H3,(H-,37,38,40);1H. The first-order chi connectivity index (χ1) is 20.2. The van der Waals surface area contributed by atoms with Gasteiger partial charge in [-0.3, -0.25) is 0 Å². The fourth-order valence-electron chi connectivity index (χ4n) is 5.05. The first-order valence-electron chi connectivity index (χ1n) is 16.1. The molecule has 2 amide bonds. The van der Waals surface area contributed by atoms with Gasteiger partial charge in [-0.15, -0.1) is 0 Å². The number of rotatable bonds is 18. The zero-order valence-corrected chi connectivity index (χ0v) is 29.5. The molecule has 2 aromatic carbocycles. The molecule has 0 aliphatic carbocycles. The van der Waals surface area contributed by atoms with E-state index in [1.807, 2.05) is 18.2 Å². The third kappa shape index (κ3) is 14.3. The maximum absolute atomic E-state index is 12.9. The van der Waals surface area contributed by atoms with Gasteiger partial charge in [0.05, 0.1) is 17.2 Å². The van der Waals surface area contributed by atoms with Gasteiger partial charge in [0, 0.05) is 11.3 Å². The van der Waals surface area contributed by atoms with Gasteiger partial charge in [-0.05, 0) is 48.6 Å². The molecule has 0 atom stereocenters. The SMILES string of the molecule is CCCCCCCCCCCCCCOc1cc(C(C)(C)C)ccc1NC(=O)Nc1ccc(C[n+]2csc(C)c2)cc1.[Br-]. The number of halogens is 1. The zero-order valence-electron chi connectivity index (χ0n) is 27.1. The van der Waals surface area contributed by atoms with Crippen molar-refractivity contribution in [2.45, 2.75) is 124 Å². The quantitative estimate of drug-likeness (QED) is 0.109. The first kappa shape index (κ1) is 36.8. The molecule has 3 aromatic rings. The summed E-state index contributed by atoms with van der Waals surface area (Å²) in [4.78, 5) is 14.2. The minimum atomic E-state index is -0.274. The molecule has 0 saturated carbocycles. The number of hydrogen-bond donors (Lipinski definition) is 2. The number of anilines is 2. The van der Waals surface area contributed by atoms with E-state index in [0.29, 0.717) is 12.3 Å². The van der Waals surface area contributed by atoms with E-state index in [4.69, 9.17) is 4.74 Å². The Kier molecular flexibility index (Phi) is 17.0. The van der Waals surface area contributed by atoms with Crippen LogP contribution >= 0.6 is 11.3 Å². The molecular weight excluding hydrogens is 618 g/mol. The van der Waals surface area contributed by atoms with E-state index in [2.05, 4.69) is 85.8 Å². The van der Waals surface area contributed by atoms with Gasteiger partial charge in [0.2, 0.25) is 5.51 Å². The number of unbranched alkanes of at least 4 members (excludes halogenated alkanes) is 11. The van der Waals surface area contributed by atoms with Crippen LogP contribution in [0.3, 0.4) is 0 Å². The highest BCUT2D eigenvalue weighted by Gasteiger charge is 2.17. The van der Waals surface area contributed by atoms with Gasteiger partial charge in [0.15, 0.2) is 12.7 Å². The highest BCUT2D eigenvalue weighted by molar-refractivity contribution is 7.09. The average Bonchev–Trinajstić information content (AvgIpc) is 3.36. The van der Waals surface area contributed by atoms with Crippen LogP contribution in [0.15, 0.2) is 54.2 Å². The number of amides is 2. The molecule has 1 heterocycles. The molecule has 7 heteroatoms. The molecule has 0 aliphatic rings. The fourth-order valence-corrected chi connectivity index (χ4v) is 5.69. The molecule has 3 rings (SSSR count). The van der Waals surface area contributed by atoms with E-state index < -0.39 is 0 Å². The van der Waals surface area contributed by atoms with Crippen molar-refractivity contribution in [1.82, 2.24) is 0 Å². The molecule has 0 fully saturated rings. The second-order valence-corrected chi connectivity index (χ2v) is 13.7. The molecule has 2 N–H and O–H groups in total. The molecular formula is C36H54BrN3O2S. The summed E-state index contributed by atoms with van der Waals surface area (Å²) >= 11 is 1.74. The van der Waals surface area contributed by atoms with Gasteiger partial charge in [0.1, 0.15) is 5.75 Å². The van der Waals surface area contributed by atoms with Gasteiger partial charge < -0.3 is 32.4 Å². The summed E-state index contributed by atoms with van der Waals surface area (Å²) in [5.41, 5.74) is 5.95. The van der Waals surface area contributed by atoms with Gasteiger partial charge in [0.25, 0.3) is 0 Å². The Morgan fingerprint density at radius 3 is 2.00 bits per heavy atom. The van der Waals surface area contributed by atoms with E-state index in [9.17, 15) is 4.79 Å². The number of urea groups is 1. The number of nitrogens with zero attached hydrogens (tertiary/aromatic N) is 1. The minimum absolute atomic E-state index is 0. The summed E-state index contributed by atoms with van der Waals surface area (Å²) in [6.07, 6.45) is 18.0. The Balaban J connectivity index is 0.00000645. The second kappa shape index (κ2) is 19.8. The molecule has 238 valence electrons. The van der Waals surface area contributed by atoms with E-state index in [1.165, 1.54) is 86.6 Å². The van der Waals surface area contributed by atoms with E-state index in [-0.39, 0.29) is 28.4 Å². The normalized spacial score (nSPS) is 11.2. The Hall–Kier alpha value is -2.38. The lowest BCUT2D eigenvalue weighted by molar-refractivity contribution is -0.683. The Labute approximate surface area is 275 Å². The second-order valence-electron chi connectivity index (χ2n) is 12.6. The summed E-state index contributed by atoms with van der Waals surface area (Å²) in [5, 5.41) is 5.98. The Bertz CT molecular complexity index is 1200. The number of carbonyl (C=O) groups excluding carboxylic acids is 1. The van der Waals surface area contributed by atoms with E-state index in [0.717, 1.165) is 24.4 Å². The topological polar surface area (TPSA) is 54.2 Å². The van der Waals surface area contributed by atoms with Crippen molar-refractivity contribution in [2.24, 2.45) is 0 Å². The van der Waals surface area contributed by atoms with Crippen molar-refractivity contribution in [2.75, 3.05) is 17.2 Å². The van der Waals surface area contributed by atoms with Crippen LogP contribution in [-0.4, -0.2) is 12.6 Å². The van der Waals surface area contributed by atoms with Crippen LogP contribution in [-0.2, 0) is 12.0 Å². The molecule has 0 aliphatic heterocycles. The van der Waals surface area contributed by atoms with Crippen LogP contribution in [0.2, 0.25) is 0 Å². The predicted molar refractivity (Wildman–Crippen MR) is 179 cm³/mol. The third-order valence-corrected chi connectivity index (χ3v) is 8.50. The highest BCUT2D eigenvalue weighted by Crippen LogP contribution is 2.32. The lowest BCUT2D eigenvalue weighted by Crippen LogP contribution is -3.00. The number of aryl methyl sites for hydroxylation is 1. The Morgan fingerprint density at radius 2 is 1.44 bits per heavy atom. The number of benzene rings is 2. The molecule has 0 radical (unpaired) electrons. The summed E-state index contributed by atoms with van der Waals surface area (Å²) in [5.74, 6) is 0.735. The zero-order chi connectivity index (χ0) is 30.2. The average molecular weight is 673 g/mol. The molecule has 0 saturated heterocycles. The van der Waals surface area contributed by atoms with E-state index >= 15 is 0 Å². The van der Waals surface area contributed by atoms with Gasteiger partial charge in [-0.25, -0.2) is 4.79 Å². The summed E-state index contributed by atoms with van der Waals surface area (Å²) < 4.78 is 8.42. The summed E-state index contributed by atoms with van der Waals surface area (Å²) in [6, 6.07) is 13.8. The van der Waals surface area contributed by atoms with Crippen LogP contribution in [0, 0.1) is 6.92 Å². The van der Waals surface area contributed by atoms with Crippen LogP contribution in [0.1, 0.15) is 121 Å². The molecule has 0 bridgehead atoms. The maximum Gasteiger partial charge on any atom is 0.323 e. The maximum atomic E-state index is 12.9. The first-order valence-corrected chi connectivity index (χ1v) is 17.0. The van der Waals surface area contributed by atoms with Crippen molar-refractivity contribution in [3.63, 3.8) is 0 Å². The van der Waals surface area contributed by atoms with Gasteiger partial charge in [-0.2, -0.15) is 4.57 Å². The summed E-state index contributed by atoms with van der Waals surface area (Å²) in [7, 11) is 0. The van der Waals surface area contributed by atoms with Crippen LogP contribution < -0.4 is 36.9 Å². The molecule has 5 nitrogen and oxygen atoms in total. The number of aromatic nitrogens is 1.